The second-order valence-corrected chi connectivity index (χ2v) is 5.04. The molecular formula is C13H20N4O3. The van der Waals surface area contributed by atoms with Crippen LogP contribution in [0.15, 0.2) is 12.4 Å². The molecule has 110 valence electrons. The maximum Gasteiger partial charge on any atom is 0.321 e. The van der Waals surface area contributed by atoms with Gasteiger partial charge in [-0.05, 0) is 25.7 Å². The number of nitrogens with zero attached hydrogens (tertiary/aromatic N) is 3. The van der Waals surface area contributed by atoms with Gasteiger partial charge in [0.05, 0.1) is 11.9 Å². The van der Waals surface area contributed by atoms with Gasteiger partial charge in [0.2, 0.25) is 0 Å². The van der Waals surface area contributed by atoms with Crippen molar-refractivity contribution in [3.05, 3.63) is 12.4 Å². The quantitative estimate of drug-likeness (QED) is 0.877. The van der Waals surface area contributed by atoms with Gasteiger partial charge in [-0.15, -0.1) is 0 Å². The first kappa shape index (κ1) is 14.4. The SMILES string of the molecule is CCn1cc(NC(=O)N2CCC(CC(=O)O)CC2)cn1. The third-order valence-electron chi connectivity index (χ3n) is 3.57. The van der Waals surface area contributed by atoms with Gasteiger partial charge in [-0.1, -0.05) is 0 Å². The van der Waals surface area contributed by atoms with Crippen LogP contribution in [-0.2, 0) is 11.3 Å². The highest BCUT2D eigenvalue weighted by atomic mass is 16.4. The first-order chi connectivity index (χ1) is 9.58. The van der Waals surface area contributed by atoms with Crippen molar-refractivity contribution in [1.29, 1.82) is 0 Å². The third kappa shape index (κ3) is 3.72. The summed E-state index contributed by atoms with van der Waals surface area (Å²) in [6.45, 7) is 3.94. The molecule has 1 aromatic rings. The Morgan fingerprint density at radius 2 is 2.15 bits per heavy atom. The Hall–Kier alpha value is -2.05. The Morgan fingerprint density at radius 3 is 2.70 bits per heavy atom. The fraction of sp³-hybridized carbons (Fsp3) is 0.615. The number of likely N-dealkylation sites (tertiary alicyclic amines) is 1. The minimum absolute atomic E-state index is 0.144. The van der Waals surface area contributed by atoms with Crippen LogP contribution in [-0.4, -0.2) is 44.9 Å². The summed E-state index contributed by atoms with van der Waals surface area (Å²) in [6, 6.07) is -0.144. The summed E-state index contributed by atoms with van der Waals surface area (Å²) in [5.41, 5.74) is 0.685. The van der Waals surface area contributed by atoms with Gasteiger partial charge in [0.1, 0.15) is 0 Å². The van der Waals surface area contributed by atoms with Crippen LogP contribution in [0.4, 0.5) is 10.5 Å². The van der Waals surface area contributed by atoms with E-state index in [1.807, 2.05) is 6.92 Å². The van der Waals surface area contributed by atoms with Crippen molar-refractivity contribution in [2.45, 2.75) is 32.7 Å². The number of hydrogen-bond donors (Lipinski definition) is 2. The number of carbonyl (C=O) groups excluding carboxylic acids is 1. The molecule has 2 N–H and O–H groups in total. The number of carbonyl (C=O) groups is 2. The molecule has 1 fully saturated rings. The number of piperidine rings is 1. The Bertz CT molecular complexity index is 478. The number of urea groups is 1. The molecule has 2 rings (SSSR count). The maximum atomic E-state index is 12.1. The van der Waals surface area contributed by atoms with E-state index in [1.165, 1.54) is 0 Å². The van der Waals surface area contributed by atoms with Crippen LogP contribution < -0.4 is 5.32 Å². The van der Waals surface area contributed by atoms with E-state index in [0.717, 1.165) is 19.4 Å². The number of anilines is 1. The highest BCUT2D eigenvalue weighted by Gasteiger charge is 2.24. The van der Waals surface area contributed by atoms with E-state index < -0.39 is 5.97 Å². The summed E-state index contributed by atoms with van der Waals surface area (Å²) >= 11 is 0. The largest absolute Gasteiger partial charge is 0.481 e. The van der Waals surface area contributed by atoms with Crippen LogP contribution in [0.1, 0.15) is 26.2 Å². The molecule has 1 aliphatic rings. The molecule has 7 heteroatoms. The molecule has 0 unspecified atom stereocenters. The fourth-order valence-corrected chi connectivity index (χ4v) is 2.39. The lowest BCUT2D eigenvalue weighted by Gasteiger charge is -2.31. The van der Waals surface area contributed by atoms with Crippen LogP contribution >= 0.6 is 0 Å². The van der Waals surface area contributed by atoms with Gasteiger partial charge >= 0.3 is 12.0 Å². The van der Waals surface area contributed by atoms with Gasteiger partial charge < -0.3 is 15.3 Å². The molecule has 2 heterocycles. The number of carboxylic acids is 1. The van der Waals surface area contributed by atoms with E-state index in [0.29, 0.717) is 18.8 Å². The monoisotopic (exact) mass is 280 g/mol. The predicted octanol–water partition coefficient (Wildman–Crippen LogP) is 1.62. The lowest BCUT2D eigenvalue weighted by Crippen LogP contribution is -2.41. The number of aliphatic carboxylic acids is 1. The van der Waals surface area contributed by atoms with Gasteiger partial charge in [0, 0.05) is 32.3 Å². The maximum absolute atomic E-state index is 12.1. The molecule has 2 amide bonds. The Kier molecular flexibility index (Phi) is 4.60. The van der Waals surface area contributed by atoms with Crippen LogP contribution in [0.3, 0.4) is 0 Å². The lowest BCUT2D eigenvalue weighted by atomic mass is 9.94. The number of hydrogen-bond acceptors (Lipinski definition) is 3. The molecule has 0 atom stereocenters. The molecular weight excluding hydrogens is 260 g/mol. The van der Waals surface area contributed by atoms with Crippen LogP contribution in [0, 0.1) is 5.92 Å². The molecule has 0 spiro atoms. The van der Waals surface area contributed by atoms with Gasteiger partial charge in [0.25, 0.3) is 0 Å². The summed E-state index contributed by atoms with van der Waals surface area (Å²) in [6.07, 6.45) is 5.09. The van der Waals surface area contributed by atoms with Crippen molar-refractivity contribution in [3.63, 3.8) is 0 Å². The highest BCUT2D eigenvalue weighted by Crippen LogP contribution is 2.21. The van der Waals surface area contributed by atoms with Crippen molar-refractivity contribution < 1.29 is 14.7 Å². The number of aryl methyl sites for hydroxylation is 1. The van der Waals surface area contributed by atoms with Gasteiger partial charge in [-0.25, -0.2) is 4.79 Å². The molecule has 0 bridgehead atoms. The normalized spacial score (nSPS) is 16.1. The highest BCUT2D eigenvalue weighted by molar-refractivity contribution is 5.89. The van der Waals surface area contributed by atoms with E-state index in [9.17, 15) is 9.59 Å². The molecule has 20 heavy (non-hydrogen) atoms. The summed E-state index contributed by atoms with van der Waals surface area (Å²) in [5.74, 6) is -0.584. The summed E-state index contributed by atoms with van der Waals surface area (Å²) in [4.78, 5) is 24.4. The van der Waals surface area contributed by atoms with E-state index in [2.05, 4.69) is 10.4 Å². The van der Waals surface area contributed by atoms with Crippen molar-refractivity contribution >= 4 is 17.7 Å². The second kappa shape index (κ2) is 6.40. The van der Waals surface area contributed by atoms with Crippen LogP contribution in [0.2, 0.25) is 0 Å². The van der Waals surface area contributed by atoms with Crippen molar-refractivity contribution in [3.8, 4) is 0 Å². The number of amides is 2. The minimum Gasteiger partial charge on any atom is -0.481 e. The van der Waals surface area contributed by atoms with Crippen molar-refractivity contribution in [2.75, 3.05) is 18.4 Å². The number of rotatable bonds is 4. The summed E-state index contributed by atoms with van der Waals surface area (Å²) < 4.78 is 1.74. The van der Waals surface area contributed by atoms with Crippen LogP contribution in [0.25, 0.3) is 0 Å². The molecule has 1 aliphatic heterocycles. The van der Waals surface area contributed by atoms with E-state index in [-0.39, 0.29) is 18.4 Å². The van der Waals surface area contributed by atoms with Gasteiger partial charge in [0.15, 0.2) is 0 Å². The smallest absolute Gasteiger partial charge is 0.321 e. The fourth-order valence-electron chi connectivity index (χ4n) is 2.39. The topological polar surface area (TPSA) is 87.5 Å². The minimum atomic E-state index is -0.764. The average molecular weight is 280 g/mol. The molecule has 0 aromatic carbocycles. The Balaban J connectivity index is 1.81. The molecule has 1 aromatic heterocycles. The molecule has 7 nitrogen and oxygen atoms in total. The molecule has 0 aliphatic carbocycles. The van der Waals surface area contributed by atoms with E-state index >= 15 is 0 Å². The van der Waals surface area contributed by atoms with Gasteiger partial charge in [-0.3, -0.25) is 9.48 Å². The predicted molar refractivity (Wildman–Crippen MR) is 73.5 cm³/mol. The number of aromatic nitrogens is 2. The first-order valence-electron chi connectivity index (χ1n) is 6.88. The van der Waals surface area contributed by atoms with Gasteiger partial charge in [-0.2, -0.15) is 5.10 Å². The molecule has 0 radical (unpaired) electrons. The van der Waals surface area contributed by atoms with E-state index in [4.69, 9.17) is 5.11 Å². The third-order valence-corrected chi connectivity index (χ3v) is 3.57. The summed E-state index contributed by atoms with van der Waals surface area (Å²) in [5, 5.41) is 15.7. The molecule has 1 saturated heterocycles. The zero-order valence-electron chi connectivity index (χ0n) is 11.6. The Labute approximate surface area is 117 Å². The lowest BCUT2D eigenvalue weighted by molar-refractivity contribution is -0.138. The zero-order chi connectivity index (χ0) is 14.5. The Morgan fingerprint density at radius 1 is 1.45 bits per heavy atom. The van der Waals surface area contributed by atoms with E-state index in [1.54, 1.807) is 22.0 Å². The zero-order valence-corrected chi connectivity index (χ0v) is 11.6. The number of carboxylic acid groups (broad SMARTS) is 1. The van der Waals surface area contributed by atoms with Crippen molar-refractivity contribution in [2.24, 2.45) is 5.92 Å². The van der Waals surface area contributed by atoms with Crippen molar-refractivity contribution in [1.82, 2.24) is 14.7 Å². The van der Waals surface area contributed by atoms with Crippen LogP contribution in [0.5, 0.6) is 0 Å². The summed E-state index contributed by atoms with van der Waals surface area (Å²) in [7, 11) is 0. The standard InChI is InChI=1S/C13H20N4O3/c1-2-17-9-11(8-14-17)15-13(20)16-5-3-10(4-6-16)7-12(18)19/h8-10H,2-7H2,1H3,(H,15,20)(H,18,19). The second-order valence-electron chi connectivity index (χ2n) is 5.04. The number of nitrogens with one attached hydrogen (secondary N) is 1. The molecule has 0 saturated carbocycles. The average Bonchev–Trinajstić information content (AvgIpc) is 2.86. The first-order valence-corrected chi connectivity index (χ1v) is 6.88.